The highest BCUT2D eigenvalue weighted by Gasteiger charge is 2.47. The number of nitrogens with zero attached hydrogens (tertiary/aromatic N) is 6. The normalized spacial score (nSPS) is 21.5. The van der Waals surface area contributed by atoms with Crippen LogP contribution in [0.25, 0.3) is 11.2 Å². The van der Waals surface area contributed by atoms with E-state index in [0.717, 1.165) is 5.69 Å². The van der Waals surface area contributed by atoms with Gasteiger partial charge in [0.05, 0.1) is 24.0 Å². The second-order valence-corrected chi connectivity index (χ2v) is 25.4. The maximum atomic E-state index is 13.2. The molecule has 0 aliphatic carbocycles. The lowest BCUT2D eigenvalue weighted by atomic mass is 10.2. The van der Waals surface area contributed by atoms with Gasteiger partial charge in [0.2, 0.25) is 5.95 Å². The summed E-state index contributed by atoms with van der Waals surface area (Å²) in [4.78, 5) is 40.4. The Bertz CT molecular complexity index is 1640. The van der Waals surface area contributed by atoms with E-state index in [9.17, 15) is 14.9 Å². The van der Waals surface area contributed by atoms with Crippen molar-refractivity contribution in [2.24, 2.45) is 0 Å². The number of hydrogen-bond acceptors (Lipinski definition) is 10. The van der Waals surface area contributed by atoms with Gasteiger partial charge in [-0.15, -0.1) is 0 Å². The van der Waals surface area contributed by atoms with Gasteiger partial charge in [-0.2, -0.15) is 4.98 Å². The summed E-state index contributed by atoms with van der Waals surface area (Å²) in [7, 11) is -4.16. The number of aromatic amines is 1. The first-order valence-electron chi connectivity index (χ1n) is 16.5. The van der Waals surface area contributed by atoms with Crippen LogP contribution in [0, 0.1) is 10.1 Å². The summed E-state index contributed by atoms with van der Waals surface area (Å²) in [5.74, 6) is 0.484. The van der Waals surface area contributed by atoms with Gasteiger partial charge in [-0.3, -0.25) is 24.5 Å². The van der Waals surface area contributed by atoms with E-state index in [1.165, 1.54) is 12.1 Å². The van der Waals surface area contributed by atoms with Gasteiger partial charge in [-0.25, -0.2) is 4.98 Å². The fourth-order valence-corrected chi connectivity index (χ4v) is 7.82. The van der Waals surface area contributed by atoms with Gasteiger partial charge in [0, 0.05) is 50.4 Å². The lowest BCUT2D eigenvalue weighted by Crippen LogP contribution is -2.48. The molecule has 15 heteroatoms. The molecule has 1 N–H and O–H groups in total. The van der Waals surface area contributed by atoms with Crippen LogP contribution in [0.5, 0.6) is 0 Å². The minimum Gasteiger partial charge on any atom is -0.414 e. The second-order valence-electron chi connectivity index (χ2n) is 15.8. The Hall–Kier alpha value is -3.12. The quantitative estimate of drug-likeness (QED) is 0.161. The molecule has 0 unspecified atom stereocenters. The number of non-ortho nitro benzene ring substituents is 1. The standard InChI is InChI=1S/C32H51N7O6Si2/c1-31(2,3)46(7,8)43-20-25-24(45-47(9,10)32(4,5)6)19-26(44-25)38-21-33-27-28(38)34-30(35-29(27)40)37-17-15-36(16-18-37)22-11-13-23(14-12-22)39(41)42/h11-14,21,24-26H,15-20H2,1-10H3,(H,34,35,40)/t24-,25+,26+/m0/s1. The molecule has 3 atom stereocenters. The Kier molecular flexibility index (Phi) is 9.53. The van der Waals surface area contributed by atoms with E-state index in [4.69, 9.17) is 18.6 Å². The van der Waals surface area contributed by atoms with Crippen LogP contribution in [0.3, 0.4) is 0 Å². The Morgan fingerprint density at radius 2 is 1.57 bits per heavy atom. The fraction of sp³-hybridized carbons (Fsp3) is 0.656. The Morgan fingerprint density at radius 1 is 0.979 bits per heavy atom. The number of nitrogens with one attached hydrogen (secondary N) is 1. The molecule has 2 aromatic heterocycles. The zero-order chi connectivity index (χ0) is 34.5. The van der Waals surface area contributed by atoms with Crippen molar-refractivity contribution in [1.29, 1.82) is 0 Å². The van der Waals surface area contributed by atoms with Crippen LogP contribution in [0.1, 0.15) is 54.2 Å². The van der Waals surface area contributed by atoms with Crippen LogP contribution >= 0.6 is 0 Å². The fourth-order valence-electron chi connectivity index (χ4n) is 5.44. The number of anilines is 2. The molecule has 2 saturated heterocycles. The zero-order valence-corrected chi connectivity index (χ0v) is 31.5. The van der Waals surface area contributed by atoms with Crippen molar-refractivity contribution in [2.75, 3.05) is 42.6 Å². The minimum atomic E-state index is -2.13. The van der Waals surface area contributed by atoms with Crippen LogP contribution < -0.4 is 15.4 Å². The van der Waals surface area contributed by atoms with Crippen molar-refractivity contribution in [3.05, 3.63) is 51.1 Å². The average Bonchev–Trinajstić information content (AvgIpc) is 3.59. The van der Waals surface area contributed by atoms with E-state index < -0.39 is 27.8 Å². The van der Waals surface area contributed by atoms with Crippen molar-refractivity contribution < 1.29 is 18.5 Å². The third-order valence-corrected chi connectivity index (χ3v) is 19.6. The lowest BCUT2D eigenvalue weighted by molar-refractivity contribution is -0.384. The molecular formula is C32H51N7O6Si2. The van der Waals surface area contributed by atoms with Crippen molar-refractivity contribution in [3.8, 4) is 0 Å². The molecule has 0 spiro atoms. The molecule has 258 valence electrons. The number of ether oxygens (including phenoxy) is 1. The number of piperazine rings is 1. The maximum absolute atomic E-state index is 13.2. The van der Waals surface area contributed by atoms with Crippen LogP contribution in [0.4, 0.5) is 17.3 Å². The van der Waals surface area contributed by atoms with Crippen molar-refractivity contribution in [3.63, 3.8) is 0 Å². The van der Waals surface area contributed by atoms with Crippen molar-refractivity contribution >= 4 is 45.1 Å². The topological polar surface area (TPSA) is 141 Å². The zero-order valence-electron chi connectivity index (χ0n) is 29.5. The maximum Gasteiger partial charge on any atom is 0.280 e. The number of aromatic nitrogens is 4. The van der Waals surface area contributed by atoms with Crippen molar-refractivity contribution in [2.45, 2.75) is 103 Å². The molecule has 2 fully saturated rings. The molecule has 2 aliphatic heterocycles. The number of benzene rings is 1. The smallest absolute Gasteiger partial charge is 0.280 e. The molecule has 47 heavy (non-hydrogen) atoms. The molecule has 2 aliphatic rings. The number of nitro benzene ring substituents is 1. The highest BCUT2D eigenvalue weighted by Crippen LogP contribution is 2.43. The Labute approximate surface area is 279 Å². The molecule has 0 bridgehead atoms. The van der Waals surface area contributed by atoms with E-state index in [-0.39, 0.29) is 39.0 Å². The first-order valence-corrected chi connectivity index (χ1v) is 22.3. The van der Waals surface area contributed by atoms with Gasteiger partial charge in [0.15, 0.2) is 27.8 Å². The summed E-state index contributed by atoms with van der Waals surface area (Å²) in [6.07, 6.45) is 1.39. The third-order valence-electron chi connectivity index (χ3n) is 10.6. The monoisotopic (exact) mass is 685 g/mol. The molecule has 1 aromatic carbocycles. The first-order chi connectivity index (χ1) is 21.8. The summed E-state index contributed by atoms with van der Waals surface area (Å²) in [6.45, 7) is 25.4. The Morgan fingerprint density at radius 3 is 2.15 bits per heavy atom. The van der Waals surface area contributed by atoms with E-state index in [2.05, 4.69) is 87.5 Å². The highest BCUT2D eigenvalue weighted by molar-refractivity contribution is 6.74. The van der Waals surface area contributed by atoms with Gasteiger partial charge in [0.25, 0.3) is 11.2 Å². The van der Waals surface area contributed by atoms with Gasteiger partial charge >= 0.3 is 0 Å². The van der Waals surface area contributed by atoms with Gasteiger partial charge in [0.1, 0.15) is 12.3 Å². The van der Waals surface area contributed by atoms with Crippen LogP contribution in [-0.4, -0.2) is 86.1 Å². The summed E-state index contributed by atoms with van der Waals surface area (Å²) >= 11 is 0. The largest absolute Gasteiger partial charge is 0.414 e. The molecule has 0 amide bonds. The van der Waals surface area contributed by atoms with E-state index in [1.54, 1.807) is 18.5 Å². The van der Waals surface area contributed by atoms with Gasteiger partial charge < -0.3 is 23.4 Å². The molecule has 3 aromatic rings. The lowest BCUT2D eigenvalue weighted by Gasteiger charge is -2.40. The molecule has 13 nitrogen and oxygen atoms in total. The molecule has 5 rings (SSSR count). The van der Waals surface area contributed by atoms with E-state index in [1.807, 2.05) is 4.57 Å². The molecular weight excluding hydrogens is 635 g/mol. The summed E-state index contributed by atoms with van der Waals surface area (Å²) in [6, 6.07) is 6.58. The van der Waals surface area contributed by atoms with Gasteiger partial charge in [-0.1, -0.05) is 41.5 Å². The van der Waals surface area contributed by atoms with E-state index in [0.29, 0.717) is 50.8 Å². The number of fused-ring (bicyclic) bond motifs is 1. The molecule has 4 heterocycles. The van der Waals surface area contributed by atoms with Crippen LogP contribution in [0.15, 0.2) is 35.4 Å². The molecule has 0 saturated carbocycles. The summed E-state index contributed by atoms with van der Waals surface area (Å²) < 4.78 is 22.2. The predicted octanol–water partition coefficient (Wildman–Crippen LogP) is 6.05. The highest BCUT2D eigenvalue weighted by atomic mass is 28.4. The first kappa shape index (κ1) is 35.2. The number of imidazole rings is 1. The third kappa shape index (κ3) is 7.33. The number of rotatable bonds is 9. The summed E-state index contributed by atoms with van der Waals surface area (Å²) in [5, 5.41) is 11.1. The average molecular weight is 686 g/mol. The SMILES string of the molecule is CC(C)(C)[Si](C)(C)OC[C@H]1O[C@@H](n2cnc3c(=O)[nH]c(N4CCN(c5ccc([N+](=O)[O-])cc5)CC4)nc32)C[C@@H]1O[Si](C)(C)C(C)(C)C. The van der Waals surface area contributed by atoms with Gasteiger partial charge in [-0.05, 0) is 48.4 Å². The van der Waals surface area contributed by atoms with Crippen LogP contribution in [-0.2, 0) is 13.6 Å². The summed E-state index contributed by atoms with van der Waals surface area (Å²) in [5.41, 5.74) is 1.43. The molecule has 0 radical (unpaired) electrons. The number of nitro groups is 1. The predicted molar refractivity (Wildman–Crippen MR) is 189 cm³/mol. The Balaban J connectivity index is 1.36. The van der Waals surface area contributed by atoms with Crippen LogP contribution in [0.2, 0.25) is 36.3 Å². The van der Waals surface area contributed by atoms with E-state index >= 15 is 0 Å². The number of H-pyrrole nitrogens is 1. The number of hydrogen-bond donors (Lipinski definition) is 1. The second kappa shape index (κ2) is 12.7. The minimum absolute atomic E-state index is 0.0316. The van der Waals surface area contributed by atoms with Crippen molar-refractivity contribution in [1.82, 2.24) is 19.5 Å².